The summed E-state index contributed by atoms with van der Waals surface area (Å²) in [5, 5.41) is 6.62. The predicted molar refractivity (Wildman–Crippen MR) is 80.8 cm³/mol. The molecule has 0 atom stereocenters. The second-order valence-corrected chi connectivity index (χ2v) is 6.48. The van der Waals surface area contributed by atoms with E-state index in [1.165, 1.54) is 4.88 Å². The SMILES string of the molecule is CNc1ncc(Cl)c(NCCc2ccc(Br)s2)n1. The van der Waals surface area contributed by atoms with Crippen LogP contribution in [0.1, 0.15) is 4.88 Å². The van der Waals surface area contributed by atoms with Gasteiger partial charge in [-0.2, -0.15) is 4.98 Å². The van der Waals surface area contributed by atoms with Crippen molar-refractivity contribution in [1.29, 1.82) is 0 Å². The number of halogens is 2. The number of rotatable bonds is 5. The Morgan fingerprint density at radius 1 is 1.44 bits per heavy atom. The van der Waals surface area contributed by atoms with Crippen molar-refractivity contribution in [1.82, 2.24) is 9.97 Å². The molecule has 0 saturated heterocycles. The lowest BCUT2D eigenvalue weighted by atomic mass is 10.3. The van der Waals surface area contributed by atoms with Gasteiger partial charge >= 0.3 is 0 Å². The molecule has 4 nitrogen and oxygen atoms in total. The number of hydrogen-bond acceptors (Lipinski definition) is 5. The lowest BCUT2D eigenvalue weighted by Gasteiger charge is -2.07. The van der Waals surface area contributed by atoms with Gasteiger partial charge in [-0.05, 0) is 34.5 Å². The molecule has 0 aliphatic heterocycles. The van der Waals surface area contributed by atoms with E-state index in [-0.39, 0.29) is 0 Å². The predicted octanol–water partition coefficient (Wildman–Crippen LogP) is 3.65. The largest absolute Gasteiger partial charge is 0.368 e. The summed E-state index contributed by atoms with van der Waals surface area (Å²) >= 11 is 11.2. The molecule has 2 rings (SSSR count). The zero-order valence-corrected chi connectivity index (χ0v) is 12.9. The molecule has 0 amide bonds. The average molecular weight is 348 g/mol. The molecule has 0 aliphatic carbocycles. The minimum Gasteiger partial charge on any atom is -0.368 e. The molecule has 2 aromatic heterocycles. The molecular formula is C11H12BrClN4S. The van der Waals surface area contributed by atoms with Crippen LogP contribution in [0.2, 0.25) is 5.02 Å². The summed E-state index contributed by atoms with van der Waals surface area (Å²) in [5.74, 6) is 1.22. The average Bonchev–Trinajstić information content (AvgIpc) is 2.77. The zero-order valence-electron chi connectivity index (χ0n) is 9.70. The number of hydrogen-bond donors (Lipinski definition) is 2. The highest BCUT2D eigenvalue weighted by Crippen LogP contribution is 2.23. The third-order valence-electron chi connectivity index (χ3n) is 2.26. The molecule has 0 unspecified atom stereocenters. The first-order valence-electron chi connectivity index (χ1n) is 5.37. The maximum Gasteiger partial charge on any atom is 0.224 e. The van der Waals surface area contributed by atoms with Crippen LogP contribution in [0.15, 0.2) is 22.1 Å². The van der Waals surface area contributed by atoms with Gasteiger partial charge in [-0.25, -0.2) is 4.98 Å². The van der Waals surface area contributed by atoms with Crippen molar-refractivity contribution in [3.05, 3.63) is 32.0 Å². The van der Waals surface area contributed by atoms with Crippen molar-refractivity contribution in [3.8, 4) is 0 Å². The highest BCUT2D eigenvalue weighted by molar-refractivity contribution is 9.11. The van der Waals surface area contributed by atoms with E-state index in [9.17, 15) is 0 Å². The Balaban J connectivity index is 1.93. The van der Waals surface area contributed by atoms with Crippen LogP contribution >= 0.6 is 38.9 Å². The number of nitrogens with one attached hydrogen (secondary N) is 2. The topological polar surface area (TPSA) is 49.8 Å². The van der Waals surface area contributed by atoms with Gasteiger partial charge in [0.1, 0.15) is 10.8 Å². The van der Waals surface area contributed by atoms with E-state index in [1.807, 2.05) is 0 Å². The van der Waals surface area contributed by atoms with E-state index in [1.54, 1.807) is 24.6 Å². The zero-order chi connectivity index (χ0) is 13.0. The second-order valence-electron chi connectivity index (χ2n) is 3.52. The number of aromatic nitrogens is 2. The van der Waals surface area contributed by atoms with Gasteiger partial charge in [0, 0.05) is 18.5 Å². The molecule has 0 fully saturated rings. The van der Waals surface area contributed by atoms with E-state index in [2.05, 4.69) is 48.7 Å². The molecule has 0 saturated carbocycles. The summed E-state index contributed by atoms with van der Waals surface area (Å²) in [6, 6.07) is 4.16. The van der Waals surface area contributed by atoms with Crippen LogP contribution in [0.25, 0.3) is 0 Å². The lowest BCUT2D eigenvalue weighted by molar-refractivity contribution is 1.02. The molecule has 2 aromatic rings. The second kappa shape index (κ2) is 6.36. The highest BCUT2D eigenvalue weighted by Gasteiger charge is 2.04. The van der Waals surface area contributed by atoms with Crippen molar-refractivity contribution >= 4 is 50.6 Å². The van der Waals surface area contributed by atoms with Crippen LogP contribution in [-0.2, 0) is 6.42 Å². The van der Waals surface area contributed by atoms with E-state index in [4.69, 9.17) is 11.6 Å². The Bertz CT molecular complexity index is 532. The van der Waals surface area contributed by atoms with Crippen molar-refractivity contribution in [2.24, 2.45) is 0 Å². The maximum atomic E-state index is 6.02. The summed E-state index contributed by atoms with van der Waals surface area (Å²) in [6.45, 7) is 0.785. The summed E-state index contributed by atoms with van der Waals surface area (Å²) in [4.78, 5) is 9.60. The Labute approximate surface area is 123 Å². The van der Waals surface area contributed by atoms with Gasteiger partial charge in [-0.1, -0.05) is 11.6 Å². The molecular weight excluding hydrogens is 336 g/mol. The summed E-state index contributed by atoms with van der Waals surface area (Å²) in [5.41, 5.74) is 0. The molecule has 18 heavy (non-hydrogen) atoms. The molecule has 0 aromatic carbocycles. The van der Waals surface area contributed by atoms with Crippen LogP contribution in [0.4, 0.5) is 11.8 Å². The van der Waals surface area contributed by atoms with Gasteiger partial charge in [-0.15, -0.1) is 11.3 Å². The minimum atomic E-state index is 0.529. The van der Waals surface area contributed by atoms with Gasteiger partial charge in [0.15, 0.2) is 0 Å². The van der Waals surface area contributed by atoms with Crippen LogP contribution in [0, 0.1) is 0 Å². The van der Waals surface area contributed by atoms with E-state index in [0.717, 1.165) is 16.8 Å². The summed E-state index contributed by atoms with van der Waals surface area (Å²) in [7, 11) is 1.77. The molecule has 96 valence electrons. The molecule has 0 radical (unpaired) electrons. The van der Waals surface area contributed by atoms with Gasteiger partial charge < -0.3 is 10.6 Å². The molecule has 0 bridgehead atoms. The van der Waals surface area contributed by atoms with Crippen molar-refractivity contribution in [2.75, 3.05) is 24.2 Å². The number of anilines is 2. The highest BCUT2D eigenvalue weighted by atomic mass is 79.9. The smallest absolute Gasteiger partial charge is 0.224 e. The maximum absolute atomic E-state index is 6.02. The van der Waals surface area contributed by atoms with Crippen LogP contribution < -0.4 is 10.6 Å². The Hall–Kier alpha value is -0.850. The van der Waals surface area contributed by atoms with Crippen molar-refractivity contribution in [2.45, 2.75) is 6.42 Å². The molecule has 2 N–H and O–H groups in total. The Morgan fingerprint density at radius 2 is 2.28 bits per heavy atom. The van der Waals surface area contributed by atoms with E-state index >= 15 is 0 Å². The van der Waals surface area contributed by atoms with E-state index in [0.29, 0.717) is 16.8 Å². The third kappa shape index (κ3) is 3.57. The molecule has 0 spiro atoms. The molecule has 0 aliphatic rings. The van der Waals surface area contributed by atoms with Gasteiger partial charge in [0.25, 0.3) is 0 Å². The first-order valence-corrected chi connectivity index (χ1v) is 7.36. The van der Waals surface area contributed by atoms with Gasteiger partial charge in [0.05, 0.1) is 9.98 Å². The van der Waals surface area contributed by atoms with Crippen molar-refractivity contribution < 1.29 is 0 Å². The number of thiophene rings is 1. The fraction of sp³-hybridized carbons (Fsp3) is 0.273. The quantitative estimate of drug-likeness (QED) is 0.867. The van der Waals surface area contributed by atoms with Crippen LogP contribution in [0.5, 0.6) is 0 Å². The lowest BCUT2D eigenvalue weighted by Crippen LogP contribution is -2.08. The standard InChI is InChI=1S/C11H12BrClN4S/c1-14-11-16-6-8(13)10(17-11)15-5-4-7-2-3-9(12)18-7/h2-3,6H,4-5H2,1H3,(H2,14,15,16,17). The van der Waals surface area contributed by atoms with Crippen LogP contribution in [-0.4, -0.2) is 23.6 Å². The van der Waals surface area contributed by atoms with Gasteiger partial charge in [-0.3, -0.25) is 0 Å². The van der Waals surface area contributed by atoms with Gasteiger partial charge in [0.2, 0.25) is 5.95 Å². The third-order valence-corrected chi connectivity index (χ3v) is 4.22. The Morgan fingerprint density at radius 3 is 2.94 bits per heavy atom. The normalized spacial score (nSPS) is 10.4. The minimum absolute atomic E-state index is 0.529. The van der Waals surface area contributed by atoms with Crippen molar-refractivity contribution in [3.63, 3.8) is 0 Å². The summed E-state index contributed by atoms with van der Waals surface area (Å²) < 4.78 is 1.15. The molecule has 7 heteroatoms. The first-order chi connectivity index (χ1) is 8.69. The van der Waals surface area contributed by atoms with Crippen LogP contribution in [0.3, 0.4) is 0 Å². The number of nitrogens with zero attached hydrogens (tertiary/aromatic N) is 2. The Kier molecular flexibility index (Phi) is 4.79. The molecule has 2 heterocycles. The summed E-state index contributed by atoms with van der Waals surface area (Å²) in [6.07, 6.45) is 2.52. The monoisotopic (exact) mass is 346 g/mol. The fourth-order valence-corrected chi connectivity index (χ4v) is 3.04. The first kappa shape index (κ1) is 13.6. The van der Waals surface area contributed by atoms with E-state index < -0.39 is 0 Å². The fourth-order valence-electron chi connectivity index (χ4n) is 1.40.